The SMILES string of the molecule is CCc1nc(Oc2cc(Br)cc(F)c2F)cc(=O)[nH]1. The molecule has 0 saturated carbocycles. The van der Waals surface area contributed by atoms with Crippen LogP contribution in [0, 0.1) is 11.6 Å². The van der Waals surface area contributed by atoms with Crippen LogP contribution in [-0.2, 0) is 6.42 Å². The maximum absolute atomic E-state index is 13.5. The van der Waals surface area contributed by atoms with Crippen LogP contribution in [0.15, 0.2) is 27.5 Å². The van der Waals surface area contributed by atoms with E-state index in [1.54, 1.807) is 6.92 Å². The summed E-state index contributed by atoms with van der Waals surface area (Å²) in [6.07, 6.45) is 0.488. The van der Waals surface area contributed by atoms with E-state index in [0.29, 0.717) is 16.7 Å². The Kier molecular flexibility index (Phi) is 3.94. The predicted molar refractivity (Wildman–Crippen MR) is 68.4 cm³/mol. The molecule has 100 valence electrons. The minimum Gasteiger partial charge on any atom is -0.436 e. The summed E-state index contributed by atoms with van der Waals surface area (Å²) in [5.74, 6) is -2.21. The molecule has 0 aliphatic carbocycles. The Bertz CT molecular complexity index is 673. The highest BCUT2D eigenvalue weighted by Gasteiger charge is 2.13. The van der Waals surface area contributed by atoms with E-state index in [-0.39, 0.29) is 11.6 Å². The van der Waals surface area contributed by atoms with Gasteiger partial charge in [-0.05, 0) is 12.1 Å². The molecule has 0 aliphatic rings. The van der Waals surface area contributed by atoms with Crippen LogP contribution < -0.4 is 10.3 Å². The van der Waals surface area contributed by atoms with Crippen LogP contribution in [0.4, 0.5) is 8.78 Å². The molecule has 0 fully saturated rings. The van der Waals surface area contributed by atoms with E-state index >= 15 is 0 Å². The zero-order chi connectivity index (χ0) is 14.0. The van der Waals surface area contributed by atoms with Crippen LogP contribution in [0.2, 0.25) is 0 Å². The molecule has 7 heteroatoms. The summed E-state index contributed by atoms with van der Waals surface area (Å²) in [7, 11) is 0. The molecule has 0 spiro atoms. The maximum Gasteiger partial charge on any atom is 0.254 e. The first-order chi connectivity index (χ1) is 8.99. The first-order valence-electron chi connectivity index (χ1n) is 5.42. The van der Waals surface area contributed by atoms with Gasteiger partial charge in [0.05, 0.1) is 6.07 Å². The Morgan fingerprint density at radius 3 is 2.79 bits per heavy atom. The summed E-state index contributed by atoms with van der Waals surface area (Å²) in [5, 5.41) is 0. The van der Waals surface area contributed by atoms with Crippen molar-refractivity contribution in [2.75, 3.05) is 0 Å². The van der Waals surface area contributed by atoms with E-state index in [4.69, 9.17) is 4.74 Å². The zero-order valence-electron chi connectivity index (χ0n) is 9.84. The van der Waals surface area contributed by atoms with E-state index in [2.05, 4.69) is 25.9 Å². The molecule has 19 heavy (non-hydrogen) atoms. The molecule has 2 rings (SSSR count). The van der Waals surface area contributed by atoms with Gasteiger partial charge in [-0.15, -0.1) is 0 Å². The number of ether oxygens (including phenoxy) is 1. The van der Waals surface area contributed by atoms with Crippen molar-refractivity contribution < 1.29 is 13.5 Å². The number of H-pyrrole nitrogens is 1. The van der Waals surface area contributed by atoms with Gasteiger partial charge in [-0.3, -0.25) is 4.79 Å². The highest BCUT2D eigenvalue weighted by molar-refractivity contribution is 9.10. The lowest BCUT2D eigenvalue weighted by Gasteiger charge is -2.07. The Balaban J connectivity index is 2.41. The largest absolute Gasteiger partial charge is 0.436 e. The van der Waals surface area contributed by atoms with Gasteiger partial charge in [0.25, 0.3) is 5.56 Å². The number of aryl methyl sites for hydroxylation is 1. The third kappa shape index (κ3) is 3.17. The van der Waals surface area contributed by atoms with Crippen molar-refractivity contribution >= 4 is 15.9 Å². The fourth-order valence-electron chi connectivity index (χ4n) is 1.42. The quantitative estimate of drug-likeness (QED) is 0.879. The number of nitrogens with one attached hydrogen (secondary N) is 1. The van der Waals surface area contributed by atoms with Crippen molar-refractivity contribution in [2.24, 2.45) is 0 Å². The fraction of sp³-hybridized carbons (Fsp3) is 0.167. The van der Waals surface area contributed by atoms with Gasteiger partial charge in [0.1, 0.15) is 5.82 Å². The normalized spacial score (nSPS) is 10.5. The molecule has 2 aromatic rings. The third-order valence-electron chi connectivity index (χ3n) is 2.28. The van der Waals surface area contributed by atoms with Crippen LogP contribution in [0.1, 0.15) is 12.7 Å². The summed E-state index contributed by atoms with van der Waals surface area (Å²) in [6.45, 7) is 1.79. The number of rotatable bonds is 3. The predicted octanol–water partition coefficient (Wildman–Crippen LogP) is 3.17. The van der Waals surface area contributed by atoms with E-state index in [1.807, 2.05) is 0 Å². The molecule has 0 saturated heterocycles. The molecule has 0 bridgehead atoms. The number of nitrogens with zero attached hydrogens (tertiary/aromatic N) is 1. The summed E-state index contributed by atoms with van der Waals surface area (Å²) in [6, 6.07) is 3.30. The standard InChI is InChI=1S/C12H9BrF2N2O2/c1-2-9-16-10(18)5-11(17-9)19-8-4-6(13)3-7(14)12(8)15/h3-5H,2H2,1H3,(H,16,17,18). The second-order valence-electron chi connectivity index (χ2n) is 3.69. The van der Waals surface area contributed by atoms with E-state index in [1.165, 1.54) is 6.07 Å². The highest BCUT2D eigenvalue weighted by atomic mass is 79.9. The number of aromatic amines is 1. The first kappa shape index (κ1) is 13.7. The Morgan fingerprint density at radius 2 is 2.11 bits per heavy atom. The lowest BCUT2D eigenvalue weighted by molar-refractivity contribution is 0.402. The number of benzene rings is 1. The zero-order valence-corrected chi connectivity index (χ0v) is 11.4. The molecular formula is C12H9BrF2N2O2. The van der Waals surface area contributed by atoms with Gasteiger partial charge in [-0.1, -0.05) is 22.9 Å². The third-order valence-corrected chi connectivity index (χ3v) is 2.73. The minimum absolute atomic E-state index is 0.0861. The van der Waals surface area contributed by atoms with Crippen molar-refractivity contribution in [1.82, 2.24) is 9.97 Å². The molecule has 1 heterocycles. The second kappa shape index (κ2) is 5.48. The summed E-state index contributed by atoms with van der Waals surface area (Å²) >= 11 is 3.03. The molecule has 4 nitrogen and oxygen atoms in total. The van der Waals surface area contributed by atoms with Crippen LogP contribution in [0.3, 0.4) is 0 Å². The van der Waals surface area contributed by atoms with E-state index in [0.717, 1.165) is 12.1 Å². The molecule has 1 aromatic heterocycles. The second-order valence-corrected chi connectivity index (χ2v) is 4.60. The van der Waals surface area contributed by atoms with Crippen LogP contribution in [0.25, 0.3) is 0 Å². The molecular weight excluding hydrogens is 322 g/mol. The van der Waals surface area contributed by atoms with Crippen molar-refractivity contribution in [3.05, 3.63) is 50.5 Å². The molecule has 0 aliphatic heterocycles. The first-order valence-corrected chi connectivity index (χ1v) is 6.21. The maximum atomic E-state index is 13.5. The fourth-order valence-corrected chi connectivity index (χ4v) is 1.83. The van der Waals surface area contributed by atoms with Crippen LogP contribution in [0.5, 0.6) is 11.6 Å². The average molecular weight is 331 g/mol. The van der Waals surface area contributed by atoms with Gasteiger partial charge in [0.15, 0.2) is 11.6 Å². The summed E-state index contributed by atoms with van der Waals surface area (Å²) < 4.78 is 32.1. The number of hydrogen-bond donors (Lipinski definition) is 1. The molecule has 1 N–H and O–H groups in total. The minimum atomic E-state index is -1.14. The number of halogens is 3. The highest BCUT2D eigenvalue weighted by Crippen LogP contribution is 2.28. The molecule has 0 radical (unpaired) electrons. The molecule has 0 atom stereocenters. The van der Waals surface area contributed by atoms with Crippen LogP contribution >= 0.6 is 15.9 Å². The summed E-state index contributed by atoms with van der Waals surface area (Å²) in [4.78, 5) is 17.8. The van der Waals surface area contributed by atoms with Crippen molar-refractivity contribution in [1.29, 1.82) is 0 Å². The van der Waals surface area contributed by atoms with E-state index < -0.39 is 17.2 Å². The monoisotopic (exact) mass is 330 g/mol. The average Bonchev–Trinajstić information content (AvgIpc) is 2.34. The summed E-state index contributed by atoms with van der Waals surface area (Å²) in [5.41, 5.74) is -0.419. The molecule has 1 aromatic carbocycles. The number of aromatic nitrogens is 2. The topological polar surface area (TPSA) is 55.0 Å². The van der Waals surface area contributed by atoms with Gasteiger partial charge in [-0.2, -0.15) is 9.37 Å². The Hall–Kier alpha value is -1.76. The van der Waals surface area contributed by atoms with Crippen molar-refractivity contribution in [2.45, 2.75) is 13.3 Å². The molecule has 0 amide bonds. The van der Waals surface area contributed by atoms with E-state index in [9.17, 15) is 13.6 Å². The van der Waals surface area contributed by atoms with Gasteiger partial charge in [0, 0.05) is 10.9 Å². The van der Waals surface area contributed by atoms with Gasteiger partial charge < -0.3 is 9.72 Å². The lowest BCUT2D eigenvalue weighted by atomic mass is 10.3. The van der Waals surface area contributed by atoms with Crippen molar-refractivity contribution in [3.8, 4) is 11.6 Å². The van der Waals surface area contributed by atoms with Gasteiger partial charge in [-0.25, -0.2) is 4.39 Å². The van der Waals surface area contributed by atoms with Gasteiger partial charge in [0.2, 0.25) is 11.7 Å². The van der Waals surface area contributed by atoms with Crippen LogP contribution in [-0.4, -0.2) is 9.97 Å². The number of hydrogen-bond acceptors (Lipinski definition) is 3. The van der Waals surface area contributed by atoms with Gasteiger partial charge >= 0.3 is 0 Å². The Morgan fingerprint density at radius 1 is 1.37 bits per heavy atom. The van der Waals surface area contributed by atoms with Crippen molar-refractivity contribution in [3.63, 3.8) is 0 Å². The lowest BCUT2D eigenvalue weighted by Crippen LogP contribution is -2.10. The molecule has 0 unspecified atom stereocenters. The Labute approximate surface area is 115 Å². The smallest absolute Gasteiger partial charge is 0.254 e.